The number of fused-ring (bicyclic) bond motifs is 2. The number of hydrogen-bond donors (Lipinski definition) is 2. The molecule has 0 saturated heterocycles. The number of hydrogen-bond acceptors (Lipinski definition) is 10. The molecule has 3 N–H and O–H groups in total. The number of ether oxygens (including phenoxy) is 2. The first-order valence-electron chi connectivity index (χ1n) is 10.7. The van der Waals surface area contributed by atoms with Gasteiger partial charge in [0, 0.05) is 35.0 Å². The van der Waals surface area contributed by atoms with Crippen LogP contribution in [0.3, 0.4) is 0 Å². The van der Waals surface area contributed by atoms with Crippen molar-refractivity contribution in [3.8, 4) is 22.9 Å². The molecular weight excluding hydrogens is 464 g/mol. The van der Waals surface area contributed by atoms with Gasteiger partial charge in [0.15, 0.2) is 29.2 Å². The van der Waals surface area contributed by atoms with Gasteiger partial charge in [-0.05, 0) is 30.3 Å². The number of anilines is 3. The van der Waals surface area contributed by atoms with E-state index < -0.39 is 12.1 Å². The van der Waals surface area contributed by atoms with Crippen LogP contribution in [0.15, 0.2) is 60.7 Å². The maximum absolute atomic E-state index is 11.7. The lowest BCUT2D eigenvalue weighted by Gasteiger charge is -2.14. The SMILES string of the molecule is COc1cc2nc(-c3cccc(N)c3)nc(Nc3nn(C(=O)[O-])c4ccccc34)c2cc1OC(C)=O. The van der Waals surface area contributed by atoms with Crippen molar-refractivity contribution in [3.05, 3.63) is 60.7 Å². The van der Waals surface area contributed by atoms with Gasteiger partial charge < -0.3 is 30.4 Å². The number of esters is 1. The number of aromatic nitrogens is 4. The van der Waals surface area contributed by atoms with Crippen LogP contribution in [-0.2, 0) is 4.79 Å². The molecular formula is C25H19N6O5-. The molecule has 2 aromatic heterocycles. The largest absolute Gasteiger partial charge is 0.528 e. The van der Waals surface area contributed by atoms with E-state index in [2.05, 4.69) is 20.4 Å². The minimum absolute atomic E-state index is 0.172. The van der Waals surface area contributed by atoms with Crippen LogP contribution in [0.5, 0.6) is 11.5 Å². The summed E-state index contributed by atoms with van der Waals surface area (Å²) in [7, 11) is 1.45. The molecule has 0 fully saturated rings. The molecule has 0 aliphatic heterocycles. The summed E-state index contributed by atoms with van der Waals surface area (Å²) in [4.78, 5) is 32.6. The van der Waals surface area contributed by atoms with Crippen LogP contribution >= 0.6 is 0 Å². The van der Waals surface area contributed by atoms with E-state index >= 15 is 0 Å². The lowest BCUT2D eigenvalue weighted by Crippen LogP contribution is -2.29. The number of carboxylic acid groups (broad SMARTS) is 1. The monoisotopic (exact) mass is 483 g/mol. The summed E-state index contributed by atoms with van der Waals surface area (Å²) < 4.78 is 11.5. The van der Waals surface area contributed by atoms with Gasteiger partial charge in [0.1, 0.15) is 5.82 Å². The Kier molecular flexibility index (Phi) is 5.57. The first kappa shape index (κ1) is 22.6. The maximum Gasteiger partial charge on any atom is 0.308 e. The van der Waals surface area contributed by atoms with Crippen molar-refractivity contribution in [1.82, 2.24) is 19.7 Å². The van der Waals surface area contributed by atoms with Gasteiger partial charge in [-0.3, -0.25) is 4.79 Å². The average Bonchev–Trinajstić information content (AvgIpc) is 3.22. The fraction of sp³-hybridized carbons (Fsp3) is 0.0800. The van der Waals surface area contributed by atoms with Crippen molar-refractivity contribution < 1.29 is 24.2 Å². The van der Waals surface area contributed by atoms with Gasteiger partial charge in [0.25, 0.3) is 0 Å². The zero-order valence-electron chi connectivity index (χ0n) is 19.2. The number of methoxy groups -OCH3 is 1. The molecule has 11 heteroatoms. The van der Waals surface area contributed by atoms with E-state index in [1.807, 2.05) is 6.07 Å². The van der Waals surface area contributed by atoms with E-state index in [1.165, 1.54) is 14.0 Å². The molecule has 180 valence electrons. The predicted octanol–water partition coefficient (Wildman–Crippen LogP) is 3.10. The van der Waals surface area contributed by atoms with E-state index in [0.29, 0.717) is 50.4 Å². The van der Waals surface area contributed by atoms with Crippen LogP contribution in [-0.4, -0.2) is 38.9 Å². The molecule has 0 aliphatic carbocycles. The third-order valence-corrected chi connectivity index (χ3v) is 5.38. The van der Waals surface area contributed by atoms with Crippen LogP contribution in [0.4, 0.5) is 22.1 Å². The molecule has 0 spiro atoms. The zero-order valence-corrected chi connectivity index (χ0v) is 19.2. The molecule has 0 saturated carbocycles. The fourth-order valence-electron chi connectivity index (χ4n) is 3.84. The molecule has 0 amide bonds. The highest BCUT2D eigenvalue weighted by Gasteiger charge is 2.18. The van der Waals surface area contributed by atoms with Gasteiger partial charge in [0.2, 0.25) is 0 Å². The second kappa shape index (κ2) is 8.87. The van der Waals surface area contributed by atoms with E-state index in [1.54, 1.807) is 54.6 Å². The second-order valence-electron chi connectivity index (χ2n) is 7.80. The van der Waals surface area contributed by atoms with Gasteiger partial charge in [-0.15, -0.1) is 5.10 Å². The van der Waals surface area contributed by atoms with Gasteiger partial charge in [-0.2, -0.15) is 0 Å². The molecule has 3 aromatic carbocycles. The Labute approximate surface area is 204 Å². The summed E-state index contributed by atoms with van der Waals surface area (Å²) >= 11 is 0. The van der Waals surface area contributed by atoms with E-state index in [9.17, 15) is 14.7 Å². The normalized spacial score (nSPS) is 10.9. The summed E-state index contributed by atoms with van der Waals surface area (Å²) in [5, 5.41) is 19.9. The first-order valence-corrected chi connectivity index (χ1v) is 10.7. The highest BCUT2D eigenvalue weighted by atomic mass is 16.6. The summed E-state index contributed by atoms with van der Waals surface area (Å²) in [5.74, 6) is 0.820. The van der Waals surface area contributed by atoms with Gasteiger partial charge in [0.05, 0.1) is 18.1 Å². The Morgan fingerprint density at radius 1 is 0.972 bits per heavy atom. The lowest BCUT2D eigenvalue weighted by molar-refractivity contribution is -0.251. The Morgan fingerprint density at radius 2 is 1.78 bits per heavy atom. The highest BCUT2D eigenvalue weighted by Crippen LogP contribution is 2.37. The molecule has 0 bridgehead atoms. The molecule has 0 aliphatic rings. The number of carbonyl (C=O) groups is 2. The molecule has 0 unspecified atom stereocenters. The summed E-state index contributed by atoms with van der Waals surface area (Å²) in [5.41, 5.74) is 7.97. The number of nitrogens with zero attached hydrogens (tertiary/aromatic N) is 4. The summed E-state index contributed by atoms with van der Waals surface area (Å²) in [6.45, 7) is 1.28. The third kappa shape index (κ3) is 4.09. The Balaban J connectivity index is 1.75. The van der Waals surface area contributed by atoms with Gasteiger partial charge >= 0.3 is 5.97 Å². The average molecular weight is 483 g/mol. The molecule has 5 rings (SSSR count). The van der Waals surface area contributed by atoms with Crippen LogP contribution < -0.4 is 25.6 Å². The van der Waals surface area contributed by atoms with Crippen molar-refractivity contribution in [2.45, 2.75) is 6.92 Å². The highest BCUT2D eigenvalue weighted by molar-refractivity contribution is 6.00. The van der Waals surface area contributed by atoms with Crippen LogP contribution in [0.1, 0.15) is 6.92 Å². The number of nitrogens with one attached hydrogen (secondary N) is 1. The number of nitrogens with two attached hydrogens (primary N) is 1. The van der Waals surface area contributed by atoms with Crippen LogP contribution in [0.2, 0.25) is 0 Å². The Morgan fingerprint density at radius 3 is 2.50 bits per heavy atom. The van der Waals surface area contributed by atoms with Gasteiger partial charge in [-0.1, -0.05) is 24.3 Å². The van der Waals surface area contributed by atoms with Crippen molar-refractivity contribution in [2.24, 2.45) is 0 Å². The van der Waals surface area contributed by atoms with Crippen molar-refractivity contribution in [2.75, 3.05) is 18.2 Å². The number of para-hydroxylation sites is 1. The minimum Gasteiger partial charge on any atom is -0.528 e. The number of nitrogen functional groups attached to an aromatic ring is 1. The molecule has 0 radical (unpaired) electrons. The standard InChI is InChI=1S/C25H20N6O5/c1-13(32)36-21-11-17-18(12-20(21)35-2)27-22(14-6-5-7-15(26)10-14)28-23(17)29-24-16-8-3-4-9-19(16)31(30-24)25(33)34/h3-12H,26H2,1-2H3,(H,33,34)(H,27,28,29,30)/p-1. The second-order valence-corrected chi connectivity index (χ2v) is 7.80. The Bertz CT molecular complexity index is 1660. The number of benzene rings is 3. The fourth-order valence-corrected chi connectivity index (χ4v) is 3.84. The Hall–Kier alpha value is -5.19. The van der Waals surface area contributed by atoms with E-state index in [-0.39, 0.29) is 11.6 Å². The topological polar surface area (TPSA) is 157 Å². The zero-order chi connectivity index (χ0) is 25.4. The molecule has 0 atom stereocenters. The lowest BCUT2D eigenvalue weighted by atomic mass is 10.1. The number of rotatable bonds is 5. The minimum atomic E-state index is -1.48. The van der Waals surface area contributed by atoms with Crippen LogP contribution in [0, 0.1) is 0 Å². The maximum atomic E-state index is 11.7. The van der Waals surface area contributed by atoms with E-state index in [0.717, 1.165) is 4.68 Å². The summed E-state index contributed by atoms with van der Waals surface area (Å²) in [6.07, 6.45) is -1.48. The van der Waals surface area contributed by atoms with E-state index in [4.69, 9.17) is 15.2 Å². The van der Waals surface area contributed by atoms with Crippen molar-refractivity contribution in [3.63, 3.8) is 0 Å². The van der Waals surface area contributed by atoms with Crippen LogP contribution in [0.25, 0.3) is 33.2 Å². The quantitative estimate of drug-likeness (QED) is 0.216. The first-order chi connectivity index (χ1) is 17.3. The summed E-state index contributed by atoms with van der Waals surface area (Å²) in [6, 6.07) is 17.1. The molecule has 36 heavy (non-hydrogen) atoms. The third-order valence-electron chi connectivity index (χ3n) is 5.38. The number of carbonyl (C=O) groups excluding carboxylic acids is 2. The molecule has 11 nitrogen and oxygen atoms in total. The van der Waals surface area contributed by atoms with Gasteiger partial charge in [-0.25, -0.2) is 14.6 Å². The van der Waals surface area contributed by atoms with Crippen molar-refractivity contribution in [1.29, 1.82) is 0 Å². The predicted molar refractivity (Wildman–Crippen MR) is 131 cm³/mol. The smallest absolute Gasteiger partial charge is 0.308 e. The van der Waals surface area contributed by atoms with Crippen molar-refractivity contribution >= 4 is 51.2 Å². The molecule has 2 heterocycles. The molecule has 5 aromatic rings.